The van der Waals surface area contributed by atoms with Gasteiger partial charge in [-0.25, -0.2) is 0 Å². The predicted molar refractivity (Wildman–Crippen MR) is 39.7 cm³/mol. The molecule has 0 amide bonds. The second kappa shape index (κ2) is 4.28. The molecular weight excluding hydrogens is 257 g/mol. The Hall–Kier alpha value is 0.192. The second-order valence-electron chi connectivity index (χ2n) is 1.90. The number of hydrogen-bond acceptors (Lipinski definition) is 3. The maximum atomic E-state index is 8.71. The standard InChI is InChI=1S/C6H8O3P.Pd/c7-10(8,9)6-4-2-1-3-5-6;/h1-5,7-9H;/q+1;. The van der Waals surface area contributed by atoms with E-state index in [-0.39, 0.29) is 25.7 Å². The van der Waals surface area contributed by atoms with E-state index in [0.717, 1.165) is 0 Å². The summed E-state index contributed by atoms with van der Waals surface area (Å²) in [5.74, 6) is 0. The van der Waals surface area contributed by atoms with Crippen molar-refractivity contribution in [3.63, 3.8) is 0 Å². The zero-order chi connectivity index (χ0) is 7.61. The predicted octanol–water partition coefficient (Wildman–Crippen LogP) is 0.0489. The molecule has 0 atom stereocenters. The third-order valence-corrected chi connectivity index (χ3v) is 2.09. The van der Waals surface area contributed by atoms with Gasteiger partial charge in [-0.3, -0.25) is 0 Å². The van der Waals surface area contributed by atoms with Gasteiger partial charge in [0.1, 0.15) is 0 Å². The van der Waals surface area contributed by atoms with Crippen molar-refractivity contribution < 1.29 is 35.1 Å². The van der Waals surface area contributed by atoms with Gasteiger partial charge in [-0.05, 0) is 12.1 Å². The van der Waals surface area contributed by atoms with Crippen molar-refractivity contribution in [3.05, 3.63) is 30.3 Å². The van der Waals surface area contributed by atoms with Crippen LogP contribution in [0.25, 0.3) is 0 Å². The van der Waals surface area contributed by atoms with E-state index in [2.05, 4.69) is 0 Å². The molecule has 11 heavy (non-hydrogen) atoms. The summed E-state index contributed by atoms with van der Waals surface area (Å²) in [6, 6.07) is 7.93. The first-order valence-electron chi connectivity index (χ1n) is 2.73. The molecule has 3 N–H and O–H groups in total. The van der Waals surface area contributed by atoms with Gasteiger partial charge in [-0.1, -0.05) is 18.2 Å². The van der Waals surface area contributed by atoms with Crippen molar-refractivity contribution in [2.75, 3.05) is 0 Å². The fraction of sp³-hybridized carbons (Fsp3) is 0. The summed E-state index contributed by atoms with van der Waals surface area (Å²) >= 11 is 0. The Morgan fingerprint density at radius 2 is 1.36 bits per heavy atom. The third kappa shape index (κ3) is 3.40. The van der Waals surface area contributed by atoms with Gasteiger partial charge in [0.25, 0.3) is 0 Å². The van der Waals surface area contributed by atoms with Crippen molar-refractivity contribution in [3.8, 4) is 0 Å². The Kier molecular flexibility index (Phi) is 4.35. The molecule has 64 valence electrons. The molecule has 1 rings (SSSR count). The van der Waals surface area contributed by atoms with E-state index in [9.17, 15) is 0 Å². The van der Waals surface area contributed by atoms with Crippen molar-refractivity contribution in [1.82, 2.24) is 0 Å². The Morgan fingerprint density at radius 1 is 0.909 bits per heavy atom. The normalized spacial score (nSPS) is 10.5. The molecule has 0 radical (unpaired) electrons. The molecule has 0 fully saturated rings. The van der Waals surface area contributed by atoms with Gasteiger partial charge >= 0.3 is 7.94 Å². The molecule has 0 aliphatic carbocycles. The maximum absolute atomic E-state index is 8.71. The van der Waals surface area contributed by atoms with Crippen LogP contribution >= 0.6 is 7.94 Å². The van der Waals surface area contributed by atoms with Gasteiger partial charge < -0.3 is 0 Å². The number of rotatable bonds is 1. The van der Waals surface area contributed by atoms with Crippen molar-refractivity contribution in [2.24, 2.45) is 0 Å². The number of benzene rings is 1. The molecule has 5 heteroatoms. The van der Waals surface area contributed by atoms with Crippen LogP contribution in [0.15, 0.2) is 30.3 Å². The van der Waals surface area contributed by atoms with E-state index < -0.39 is 7.94 Å². The monoisotopic (exact) mass is 265 g/mol. The SMILES string of the molecule is O[P+](O)(O)c1ccccc1.[Pd]. The van der Waals surface area contributed by atoms with Gasteiger partial charge in [0.2, 0.25) is 0 Å². The first-order chi connectivity index (χ1) is 4.61. The zero-order valence-electron chi connectivity index (χ0n) is 5.49. The van der Waals surface area contributed by atoms with Crippen LogP contribution < -0.4 is 5.30 Å². The summed E-state index contributed by atoms with van der Waals surface area (Å²) in [7, 11) is -3.77. The minimum Gasteiger partial charge on any atom is -0.189 e. The molecule has 1 aromatic carbocycles. The smallest absolute Gasteiger partial charge is 0.189 e. The van der Waals surface area contributed by atoms with Crippen LogP contribution in [0.1, 0.15) is 0 Å². The number of hydrogen-bond donors (Lipinski definition) is 3. The summed E-state index contributed by atoms with van der Waals surface area (Å²) in [5, 5.41) is 0.176. The van der Waals surface area contributed by atoms with E-state index in [1.54, 1.807) is 18.2 Å². The van der Waals surface area contributed by atoms with Gasteiger partial charge in [-0.15, -0.1) is 0 Å². The molecule has 0 heterocycles. The minimum absolute atomic E-state index is 0. The molecular formula is C6H8O3PPd+. The molecule has 3 nitrogen and oxygen atoms in total. The van der Waals surface area contributed by atoms with Crippen molar-refractivity contribution in [2.45, 2.75) is 0 Å². The van der Waals surface area contributed by atoms with Gasteiger partial charge in [0.05, 0.1) is 0 Å². The van der Waals surface area contributed by atoms with Gasteiger partial charge in [0.15, 0.2) is 5.30 Å². The van der Waals surface area contributed by atoms with Gasteiger partial charge in [-0.2, -0.15) is 14.7 Å². The largest absolute Gasteiger partial charge is 0.440 e. The quantitative estimate of drug-likeness (QED) is 0.497. The summed E-state index contributed by atoms with van der Waals surface area (Å²) in [6.45, 7) is 0. The first kappa shape index (κ1) is 11.2. The van der Waals surface area contributed by atoms with Crippen LogP contribution in [0.3, 0.4) is 0 Å². The van der Waals surface area contributed by atoms with E-state index in [0.29, 0.717) is 0 Å². The maximum Gasteiger partial charge on any atom is 0.440 e. The Labute approximate surface area is 78.9 Å². The van der Waals surface area contributed by atoms with Crippen LogP contribution in [0.2, 0.25) is 0 Å². The minimum atomic E-state index is -3.77. The molecule has 0 bridgehead atoms. The van der Waals surface area contributed by atoms with Crippen LogP contribution in [0.4, 0.5) is 0 Å². The van der Waals surface area contributed by atoms with Crippen LogP contribution in [-0.4, -0.2) is 14.7 Å². The Morgan fingerprint density at radius 3 is 1.64 bits per heavy atom. The van der Waals surface area contributed by atoms with Gasteiger partial charge in [0, 0.05) is 20.4 Å². The topological polar surface area (TPSA) is 60.7 Å². The molecule has 0 aromatic heterocycles. The van der Waals surface area contributed by atoms with E-state index in [1.165, 1.54) is 12.1 Å². The fourth-order valence-corrected chi connectivity index (χ4v) is 1.20. The van der Waals surface area contributed by atoms with E-state index in [4.69, 9.17) is 14.7 Å². The van der Waals surface area contributed by atoms with Crippen LogP contribution in [-0.2, 0) is 20.4 Å². The summed E-state index contributed by atoms with van der Waals surface area (Å²) in [4.78, 5) is 26.1. The molecule has 0 saturated carbocycles. The molecule has 0 aliphatic rings. The summed E-state index contributed by atoms with van der Waals surface area (Å²) in [6.07, 6.45) is 0. The molecule has 0 aliphatic heterocycles. The molecule has 0 saturated heterocycles. The third-order valence-electron chi connectivity index (χ3n) is 1.10. The van der Waals surface area contributed by atoms with E-state index >= 15 is 0 Å². The molecule has 0 unspecified atom stereocenters. The Bertz CT molecular complexity index is 209. The fourth-order valence-electron chi connectivity index (χ4n) is 0.628. The Balaban J connectivity index is 0.000001000. The van der Waals surface area contributed by atoms with E-state index in [1.807, 2.05) is 0 Å². The zero-order valence-corrected chi connectivity index (χ0v) is 7.94. The van der Waals surface area contributed by atoms with Crippen LogP contribution in [0.5, 0.6) is 0 Å². The van der Waals surface area contributed by atoms with Crippen LogP contribution in [0, 0.1) is 0 Å². The van der Waals surface area contributed by atoms with Crippen molar-refractivity contribution in [1.29, 1.82) is 0 Å². The molecule has 1 aromatic rings. The summed E-state index contributed by atoms with van der Waals surface area (Å²) < 4.78 is 0. The summed E-state index contributed by atoms with van der Waals surface area (Å²) in [5.41, 5.74) is 0. The average Bonchev–Trinajstić information content (AvgIpc) is 1.88. The average molecular weight is 266 g/mol. The first-order valence-corrected chi connectivity index (χ1v) is 4.38. The van der Waals surface area contributed by atoms with Crippen molar-refractivity contribution >= 4 is 13.2 Å². The second-order valence-corrected chi connectivity index (χ2v) is 3.56. The molecule has 0 spiro atoms.